The highest BCUT2D eigenvalue weighted by atomic mass is 16.7. The highest BCUT2D eigenvalue weighted by Gasteiger charge is 2.14. The van der Waals surface area contributed by atoms with E-state index in [1.165, 1.54) is 6.08 Å². The van der Waals surface area contributed by atoms with Gasteiger partial charge in [-0.05, 0) is 41.5 Å². The summed E-state index contributed by atoms with van der Waals surface area (Å²) >= 11 is 0. The summed E-state index contributed by atoms with van der Waals surface area (Å²) in [7, 11) is 4.63. The molecular formula is C20H21NO6. The summed E-state index contributed by atoms with van der Waals surface area (Å²) in [5.74, 6) is 2.74. The molecule has 0 aromatic heterocycles. The Morgan fingerprint density at radius 3 is 2.41 bits per heavy atom. The van der Waals surface area contributed by atoms with E-state index in [4.69, 9.17) is 23.7 Å². The molecule has 0 radical (unpaired) electrons. The number of benzene rings is 2. The molecule has 7 nitrogen and oxygen atoms in total. The van der Waals surface area contributed by atoms with Gasteiger partial charge in [0.15, 0.2) is 23.0 Å². The van der Waals surface area contributed by atoms with Crippen molar-refractivity contribution in [1.82, 2.24) is 5.32 Å². The molecule has 27 heavy (non-hydrogen) atoms. The lowest BCUT2D eigenvalue weighted by Gasteiger charge is -2.12. The molecule has 3 rings (SSSR count). The monoisotopic (exact) mass is 371 g/mol. The smallest absolute Gasteiger partial charge is 0.244 e. The maximum atomic E-state index is 12.1. The summed E-state index contributed by atoms with van der Waals surface area (Å²) in [6, 6.07) is 9.10. The van der Waals surface area contributed by atoms with Gasteiger partial charge >= 0.3 is 0 Å². The van der Waals surface area contributed by atoms with Crippen molar-refractivity contribution in [3.63, 3.8) is 0 Å². The average molecular weight is 371 g/mol. The van der Waals surface area contributed by atoms with Crippen LogP contribution in [-0.4, -0.2) is 34.0 Å². The molecule has 0 spiro atoms. The number of ether oxygens (including phenoxy) is 5. The normalized spacial score (nSPS) is 12.1. The van der Waals surface area contributed by atoms with Crippen LogP contribution in [0.5, 0.6) is 28.7 Å². The number of nitrogens with one attached hydrogen (secondary N) is 1. The molecule has 2 aromatic rings. The van der Waals surface area contributed by atoms with Crippen LogP contribution >= 0.6 is 0 Å². The highest BCUT2D eigenvalue weighted by Crippen LogP contribution is 2.38. The Hall–Kier alpha value is -3.35. The third-order valence-electron chi connectivity index (χ3n) is 4.02. The van der Waals surface area contributed by atoms with Gasteiger partial charge < -0.3 is 29.0 Å². The van der Waals surface area contributed by atoms with Crippen LogP contribution in [0.15, 0.2) is 36.4 Å². The molecule has 1 aliphatic heterocycles. The topological polar surface area (TPSA) is 75.3 Å². The molecule has 0 fully saturated rings. The van der Waals surface area contributed by atoms with E-state index in [0.717, 1.165) is 11.1 Å². The van der Waals surface area contributed by atoms with Crippen molar-refractivity contribution in [2.75, 3.05) is 28.1 Å². The molecule has 142 valence electrons. The van der Waals surface area contributed by atoms with Crippen LogP contribution in [0.2, 0.25) is 0 Å². The molecule has 0 bridgehead atoms. The minimum absolute atomic E-state index is 0.221. The Labute approximate surface area is 157 Å². The van der Waals surface area contributed by atoms with Crippen LogP contribution in [0, 0.1) is 0 Å². The molecule has 1 aliphatic rings. The van der Waals surface area contributed by atoms with Crippen molar-refractivity contribution in [2.45, 2.75) is 6.54 Å². The molecular weight excluding hydrogens is 350 g/mol. The fourth-order valence-corrected chi connectivity index (χ4v) is 2.67. The minimum atomic E-state index is -0.221. The third kappa shape index (κ3) is 4.25. The largest absolute Gasteiger partial charge is 0.493 e. The minimum Gasteiger partial charge on any atom is -0.493 e. The predicted molar refractivity (Wildman–Crippen MR) is 99.5 cm³/mol. The molecule has 2 aromatic carbocycles. The van der Waals surface area contributed by atoms with Crippen molar-refractivity contribution in [2.24, 2.45) is 0 Å². The van der Waals surface area contributed by atoms with Crippen molar-refractivity contribution >= 4 is 12.0 Å². The Morgan fingerprint density at radius 1 is 1.04 bits per heavy atom. The summed E-state index contributed by atoms with van der Waals surface area (Å²) < 4.78 is 26.5. The second-order valence-electron chi connectivity index (χ2n) is 5.70. The summed E-state index contributed by atoms with van der Waals surface area (Å²) in [5, 5.41) is 2.83. The number of hydrogen-bond acceptors (Lipinski definition) is 6. The first-order valence-electron chi connectivity index (χ1n) is 8.29. The van der Waals surface area contributed by atoms with E-state index < -0.39 is 0 Å². The van der Waals surface area contributed by atoms with Crippen LogP contribution in [0.4, 0.5) is 0 Å². The lowest BCUT2D eigenvalue weighted by atomic mass is 10.1. The zero-order chi connectivity index (χ0) is 19.2. The van der Waals surface area contributed by atoms with Crippen molar-refractivity contribution in [3.05, 3.63) is 47.5 Å². The van der Waals surface area contributed by atoms with E-state index >= 15 is 0 Å². The molecule has 7 heteroatoms. The van der Waals surface area contributed by atoms with Gasteiger partial charge in [0, 0.05) is 12.6 Å². The van der Waals surface area contributed by atoms with E-state index in [9.17, 15) is 4.79 Å². The summed E-state index contributed by atoms with van der Waals surface area (Å²) in [4.78, 5) is 12.1. The first-order chi connectivity index (χ1) is 13.1. The van der Waals surface area contributed by atoms with Crippen molar-refractivity contribution in [1.29, 1.82) is 0 Å². The number of fused-ring (bicyclic) bond motifs is 1. The van der Waals surface area contributed by atoms with Gasteiger partial charge in [0.2, 0.25) is 18.4 Å². The molecule has 0 unspecified atom stereocenters. The van der Waals surface area contributed by atoms with E-state index in [0.29, 0.717) is 35.3 Å². The van der Waals surface area contributed by atoms with E-state index in [1.807, 2.05) is 18.2 Å². The van der Waals surface area contributed by atoms with Gasteiger partial charge in [-0.2, -0.15) is 0 Å². The number of carbonyl (C=O) groups is 1. The summed E-state index contributed by atoms with van der Waals surface area (Å²) in [5.41, 5.74) is 1.68. The number of hydrogen-bond donors (Lipinski definition) is 1. The molecule has 1 N–H and O–H groups in total. The van der Waals surface area contributed by atoms with Crippen LogP contribution in [0.3, 0.4) is 0 Å². The van der Waals surface area contributed by atoms with Crippen molar-refractivity contribution < 1.29 is 28.5 Å². The zero-order valence-electron chi connectivity index (χ0n) is 15.4. The van der Waals surface area contributed by atoms with E-state index in [2.05, 4.69) is 5.32 Å². The second-order valence-corrected chi connectivity index (χ2v) is 5.70. The van der Waals surface area contributed by atoms with Gasteiger partial charge in [0.05, 0.1) is 21.3 Å². The maximum Gasteiger partial charge on any atom is 0.244 e. The second kappa shape index (κ2) is 8.35. The van der Waals surface area contributed by atoms with Gasteiger partial charge in [-0.25, -0.2) is 0 Å². The predicted octanol–water partition coefficient (Wildman–Crippen LogP) is 2.77. The molecule has 0 saturated heterocycles. The molecule has 1 amide bonds. The number of methoxy groups -OCH3 is 3. The van der Waals surface area contributed by atoms with Crippen LogP contribution < -0.4 is 29.0 Å². The first kappa shape index (κ1) is 18.4. The fourth-order valence-electron chi connectivity index (χ4n) is 2.67. The Bertz CT molecular complexity index is 837. The number of rotatable bonds is 7. The average Bonchev–Trinajstić information content (AvgIpc) is 3.17. The highest BCUT2D eigenvalue weighted by molar-refractivity contribution is 5.91. The molecule has 0 atom stereocenters. The van der Waals surface area contributed by atoms with Crippen LogP contribution in [0.25, 0.3) is 6.08 Å². The Kier molecular flexibility index (Phi) is 5.71. The SMILES string of the molecule is COc1cc(/C=C/C(=O)NCc2ccc3c(c2)OCO3)cc(OC)c1OC. The quantitative estimate of drug-likeness (QED) is 0.755. The van der Waals surface area contributed by atoms with Gasteiger partial charge in [-0.1, -0.05) is 6.07 Å². The van der Waals surface area contributed by atoms with E-state index in [1.54, 1.807) is 39.5 Å². The number of carbonyl (C=O) groups excluding carboxylic acids is 1. The lowest BCUT2D eigenvalue weighted by Crippen LogP contribution is -2.20. The zero-order valence-corrected chi connectivity index (χ0v) is 15.4. The van der Waals surface area contributed by atoms with Crippen LogP contribution in [-0.2, 0) is 11.3 Å². The number of amides is 1. The van der Waals surface area contributed by atoms with Gasteiger partial charge in [-0.15, -0.1) is 0 Å². The van der Waals surface area contributed by atoms with Crippen LogP contribution in [0.1, 0.15) is 11.1 Å². The first-order valence-corrected chi connectivity index (χ1v) is 8.29. The van der Waals surface area contributed by atoms with Gasteiger partial charge in [0.25, 0.3) is 0 Å². The summed E-state index contributed by atoms with van der Waals surface area (Å²) in [6.45, 7) is 0.609. The van der Waals surface area contributed by atoms with E-state index in [-0.39, 0.29) is 12.7 Å². The fraction of sp³-hybridized carbons (Fsp3) is 0.250. The molecule has 1 heterocycles. The standard InChI is InChI=1S/C20H21NO6/c1-23-17-8-13(9-18(24-2)20(17)25-3)5-7-19(22)21-11-14-4-6-15-16(10-14)27-12-26-15/h4-10H,11-12H2,1-3H3,(H,21,22)/b7-5+. The molecule has 0 saturated carbocycles. The van der Waals surface area contributed by atoms with Gasteiger partial charge in [-0.3, -0.25) is 4.79 Å². The van der Waals surface area contributed by atoms with Crippen molar-refractivity contribution in [3.8, 4) is 28.7 Å². The third-order valence-corrected chi connectivity index (χ3v) is 4.02. The summed E-state index contributed by atoms with van der Waals surface area (Å²) in [6.07, 6.45) is 3.13. The lowest BCUT2D eigenvalue weighted by molar-refractivity contribution is -0.116. The Morgan fingerprint density at radius 2 is 1.74 bits per heavy atom. The Balaban J connectivity index is 1.64. The molecule has 0 aliphatic carbocycles. The maximum absolute atomic E-state index is 12.1. The van der Waals surface area contributed by atoms with Gasteiger partial charge in [0.1, 0.15) is 0 Å².